The van der Waals surface area contributed by atoms with E-state index in [2.05, 4.69) is 10.2 Å². The first-order chi connectivity index (χ1) is 6.79. The minimum atomic E-state index is 0. The number of nitrogens with one attached hydrogen (secondary N) is 1. The standard InChI is InChI=1S/C10H12Cl2N2.ClH/c11-8-2-1-3-9(10(8)12)14-6-4-13-5-7-14;/h1-3,13H,4-7H2;1H. The molecule has 0 bridgehead atoms. The molecule has 1 fully saturated rings. The molecule has 1 aliphatic rings. The summed E-state index contributed by atoms with van der Waals surface area (Å²) in [4.78, 5) is 2.25. The van der Waals surface area contributed by atoms with Crippen molar-refractivity contribution in [1.82, 2.24) is 5.32 Å². The van der Waals surface area contributed by atoms with Gasteiger partial charge in [-0.25, -0.2) is 0 Å². The predicted molar refractivity (Wildman–Crippen MR) is 68.8 cm³/mol. The van der Waals surface area contributed by atoms with E-state index in [1.807, 2.05) is 18.2 Å². The van der Waals surface area contributed by atoms with Crippen molar-refractivity contribution < 1.29 is 0 Å². The molecule has 0 atom stereocenters. The molecule has 84 valence electrons. The number of anilines is 1. The van der Waals surface area contributed by atoms with Crippen LogP contribution >= 0.6 is 35.6 Å². The molecule has 1 N–H and O–H groups in total. The number of hydrogen-bond donors (Lipinski definition) is 1. The van der Waals surface area contributed by atoms with Crippen molar-refractivity contribution in [3.8, 4) is 0 Å². The van der Waals surface area contributed by atoms with Crippen molar-refractivity contribution in [3.63, 3.8) is 0 Å². The van der Waals surface area contributed by atoms with E-state index in [1.54, 1.807) is 0 Å². The van der Waals surface area contributed by atoms with Gasteiger partial charge in [0.25, 0.3) is 0 Å². The summed E-state index contributed by atoms with van der Waals surface area (Å²) in [6, 6.07) is 5.76. The summed E-state index contributed by atoms with van der Waals surface area (Å²) in [7, 11) is 0. The minimum absolute atomic E-state index is 0. The van der Waals surface area contributed by atoms with E-state index < -0.39 is 0 Å². The van der Waals surface area contributed by atoms with Crippen LogP contribution in [-0.2, 0) is 0 Å². The highest BCUT2D eigenvalue weighted by Gasteiger charge is 2.14. The Bertz CT molecular complexity index is 324. The van der Waals surface area contributed by atoms with Gasteiger partial charge in [-0.2, -0.15) is 0 Å². The van der Waals surface area contributed by atoms with Gasteiger partial charge in [0.2, 0.25) is 0 Å². The molecule has 0 aromatic heterocycles. The highest BCUT2D eigenvalue weighted by molar-refractivity contribution is 6.43. The molecule has 1 heterocycles. The monoisotopic (exact) mass is 266 g/mol. The van der Waals surface area contributed by atoms with E-state index >= 15 is 0 Å². The molecular weight excluding hydrogens is 254 g/mol. The molecular formula is C10H13Cl3N2. The molecule has 0 spiro atoms. The zero-order valence-electron chi connectivity index (χ0n) is 8.17. The number of benzene rings is 1. The Labute approximate surface area is 106 Å². The van der Waals surface area contributed by atoms with Crippen molar-refractivity contribution >= 4 is 41.3 Å². The Morgan fingerprint density at radius 3 is 2.47 bits per heavy atom. The Kier molecular flexibility index (Phi) is 5.00. The van der Waals surface area contributed by atoms with E-state index in [1.165, 1.54) is 0 Å². The lowest BCUT2D eigenvalue weighted by Gasteiger charge is -2.30. The first-order valence-corrected chi connectivity index (χ1v) is 5.44. The lowest BCUT2D eigenvalue weighted by Crippen LogP contribution is -2.43. The number of hydrogen-bond acceptors (Lipinski definition) is 2. The third kappa shape index (κ3) is 2.91. The predicted octanol–water partition coefficient (Wildman–Crippen LogP) is 2.82. The molecule has 0 aliphatic carbocycles. The molecule has 1 aromatic rings. The van der Waals surface area contributed by atoms with Crippen molar-refractivity contribution in [2.45, 2.75) is 0 Å². The first kappa shape index (κ1) is 12.9. The van der Waals surface area contributed by atoms with Crippen LogP contribution in [0, 0.1) is 0 Å². The van der Waals surface area contributed by atoms with Crippen LogP contribution in [0.5, 0.6) is 0 Å². The molecule has 0 unspecified atom stereocenters. The maximum Gasteiger partial charge on any atom is 0.0825 e. The zero-order valence-corrected chi connectivity index (χ0v) is 10.5. The van der Waals surface area contributed by atoms with Crippen LogP contribution in [0.4, 0.5) is 5.69 Å². The average Bonchev–Trinajstić information content (AvgIpc) is 2.23. The summed E-state index contributed by atoms with van der Waals surface area (Å²) in [5.41, 5.74) is 1.04. The lowest BCUT2D eigenvalue weighted by atomic mass is 10.2. The lowest BCUT2D eigenvalue weighted by molar-refractivity contribution is 0.589. The van der Waals surface area contributed by atoms with Crippen molar-refractivity contribution in [2.24, 2.45) is 0 Å². The van der Waals surface area contributed by atoms with Crippen LogP contribution in [0.1, 0.15) is 0 Å². The summed E-state index contributed by atoms with van der Waals surface area (Å²) in [6.07, 6.45) is 0. The Balaban J connectivity index is 0.00000112. The smallest absolute Gasteiger partial charge is 0.0825 e. The molecule has 15 heavy (non-hydrogen) atoms. The second kappa shape index (κ2) is 5.80. The molecule has 0 radical (unpaired) electrons. The van der Waals surface area contributed by atoms with Gasteiger partial charge in [-0.15, -0.1) is 12.4 Å². The van der Waals surface area contributed by atoms with Gasteiger partial charge in [0.1, 0.15) is 0 Å². The van der Waals surface area contributed by atoms with Crippen molar-refractivity contribution in [1.29, 1.82) is 0 Å². The van der Waals surface area contributed by atoms with Gasteiger partial charge < -0.3 is 10.2 Å². The van der Waals surface area contributed by atoms with Crippen molar-refractivity contribution in [2.75, 3.05) is 31.1 Å². The second-order valence-electron chi connectivity index (χ2n) is 3.31. The van der Waals surface area contributed by atoms with Gasteiger partial charge in [-0.3, -0.25) is 0 Å². The van der Waals surface area contributed by atoms with E-state index in [9.17, 15) is 0 Å². The minimum Gasteiger partial charge on any atom is -0.368 e. The fourth-order valence-corrected chi connectivity index (χ4v) is 2.06. The topological polar surface area (TPSA) is 15.3 Å². The third-order valence-electron chi connectivity index (χ3n) is 2.39. The van der Waals surface area contributed by atoms with Crippen LogP contribution in [-0.4, -0.2) is 26.2 Å². The van der Waals surface area contributed by atoms with Crippen LogP contribution in [0.15, 0.2) is 18.2 Å². The Morgan fingerprint density at radius 2 is 1.80 bits per heavy atom. The van der Waals surface area contributed by atoms with Gasteiger partial charge in [0.05, 0.1) is 15.7 Å². The number of nitrogens with zero attached hydrogens (tertiary/aromatic N) is 1. The molecule has 0 saturated carbocycles. The second-order valence-corrected chi connectivity index (χ2v) is 4.10. The molecule has 1 aliphatic heterocycles. The maximum atomic E-state index is 6.13. The Hall–Kier alpha value is -0.150. The summed E-state index contributed by atoms with van der Waals surface area (Å²) in [5.74, 6) is 0. The normalized spacial score (nSPS) is 16.0. The number of halogens is 3. The summed E-state index contributed by atoms with van der Waals surface area (Å²) in [5, 5.41) is 4.59. The SMILES string of the molecule is Cl.Clc1cccc(N2CCNCC2)c1Cl. The van der Waals surface area contributed by atoms with Crippen LogP contribution in [0.25, 0.3) is 0 Å². The van der Waals surface area contributed by atoms with Crippen molar-refractivity contribution in [3.05, 3.63) is 28.2 Å². The summed E-state index contributed by atoms with van der Waals surface area (Å²) in [6.45, 7) is 3.98. The van der Waals surface area contributed by atoms with Gasteiger partial charge in [-0.05, 0) is 12.1 Å². The third-order valence-corrected chi connectivity index (χ3v) is 3.20. The van der Waals surface area contributed by atoms with Gasteiger partial charge >= 0.3 is 0 Å². The molecule has 0 amide bonds. The van der Waals surface area contributed by atoms with E-state index in [0.717, 1.165) is 31.9 Å². The highest BCUT2D eigenvalue weighted by Crippen LogP contribution is 2.32. The molecule has 1 aromatic carbocycles. The summed E-state index contributed by atoms with van der Waals surface area (Å²) >= 11 is 12.1. The highest BCUT2D eigenvalue weighted by atomic mass is 35.5. The molecule has 2 nitrogen and oxygen atoms in total. The van der Waals surface area contributed by atoms with Gasteiger partial charge in [-0.1, -0.05) is 29.3 Å². The van der Waals surface area contributed by atoms with Crippen LogP contribution in [0.2, 0.25) is 10.0 Å². The molecule has 1 saturated heterocycles. The fraction of sp³-hybridized carbons (Fsp3) is 0.400. The largest absolute Gasteiger partial charge is 0.368 e. The van der Waals surface area contributed by atoms with Gasteiger partial charge in [0.15, 0.2) is 0 Å². The van der Waals surface area contributed by atoms with E-state index in [4.69, 9.17) is 23.2 Å². The molecule has 5 heteroatoms. The summed E-state index contributed by atoms with van der Waals surface area (Å²) < 4.78 is 0. The van der Waals surface area contributed by atoms with Crippen LogP contribution < -0.4 is 10.2 Å². The Morgan fingerprint density at radius 1 is 1.13 bits per heavy atom. The van der Waals surface area contributed by atoms with Crippen LogP contribution in [0.3, 0.4) is 0 Å². The van der Waals surface area contributed by atoms with Gasteiger partial charge in [0, 0.05) is 26.2 Å². The first-order valence-electron chi connectivity index (χ1n) is 4.69. The number of piperazine rings is 1. The molecule has 2 rings (SSSR count). The van der Waals surface area contributed by atoms with E-state index in [0.29, 0.717) is 10.0 Å². The maximum absolute atomic E-state index is 6.13. The zero-order chi connectivity index (χ0) is 9.97. The fourth-order valence-electron chi connectivity index (χ4n) is 1.64. The quantitative estimate of drug-likeness (QED) is 0.842. The average molecular weight is 268 g/mol. The number of rotatable bonds is 1. The van der Waals surface area contributed by atoms with E-state index in [-0.39, 0.29) is 12.4 Å².